The van der Waals surface area contributed by atoms with E-state index in [1.165, 1.54) is 41.1 Å². The first-order chi connectivity index (χ1) is 10.9. The number of hydrogen-bond donors (Lipinski definition) is 2. The molecule has 3 rings (SSSR count). The van der Waals surface area contributed by atoms with E-state index >= 15 is 0 Å². The van der Waals surface area contributed by atoms with Gasteiger partial charge in [0.15, 0.2) is 0 Å². The molecule has 2 aromatic rings. The average molecular weight is 335 g/mol. The van der Waals surface area contributed by atoms with E-state index in [1.54, 1.807) is 0 Å². The Labute approximate surface area is 138 Å². The van der Waals surface area contributed by atoms with Gasteiger partial charge in [0.05, 0.1) is 6.26 Å². The Balaban J connectivity index is 1.77. The van der Waals surface area contributed by atoms with Crippen molar-refractivity contribution in [3.8, 4) is 0 Å². The fourth-order valence-corrected chi connectivity index (χ4v) is 3.86. The molecule has 1 aliphatic heterocycles. The molecule has 5 nitrogen and oxygen atoms in total. The number of piperidine rings is 1. The van der Waals surface area contributed by atoms with Crippen molar-refractivity contribution in [2.75, 3.05) is 32.9 Å². The number of likely N-dealkylation sites (tertiary alicyclic amines) is 1. The molecule has 0 bridgehead atoms. The second-order valence-electron chi connectivity index (χ2n) is 6.62. The van der Waals surface area contributed by atoms with E-state index < -0.39 is 10.0 Å². The molecule has 1 aromatic heterocycles. The first-order valence-corrected chi connectivity index (χ1v) is 10.0. The van der Waals surface area contributed by atoms with Gasteiger partial charge in [-0.3, -0.25) is 0 Å². The van der Waals surface area contributed by atoms with Crippen LogP contribution in [0.4, 0.5) is 0 Å². The number of benzene rings is 1. The highest BCUT2D eigenvalue weighted by molar-refractivity contribution is 7.88. The van der Waals surface area contributed by atoms with Crippen molar-refractivity contribution in [3.63, 3.8) is 0 Å². The van der Waals surface area contributed by atoms with E-state index in [2.05, 4.69) is 46.0 Å². The predicted molar refractivity (Wildman–Crippen MR) is 94.3 cm³/mol. The lowest BCUT2D eigenvalue weighted by Crippen LogP contribution is -2.29. The second kappa shape index (κ2) is 6.63. The van der Waals surface area contributed by atoms with Gasteiger partial charge in [-0.05, 0) is 68.6 Å². The van der Waals surface area contributed by atoms with Gasteiger partial charge < -0.3 is 9.88 Å². The zero-order valence-electron chi connectivity index (χ0n) is 13.8. The van der Waals surface area contributed by atoms with Crippen molar-refractivity contribution >= 4 is 20.9 Å². The molecule has 0 radical (unpaired) electrons. The quantitative estimate of drug-likeness (QED) is 0.879. The molecule has 1 aromatic carbocycles. The number of sulfonamides is 1. The van der Waals surface area contributed by atoms with Crippen molar-refractivity contribution in [3.05, 3.63) is 35.5 Å². The molecule has 0 amide bonds. The predicted octanol–water partition coefficient (Wildman–Crippen LogP) is 2.07. The molecule has 0 saturated carbocycles. The summed E-state index contributed by atoms with van der Waals surface area (Å²) < 4.78 is 24.9. The minimum atomic E-state index is -3.12. The molecule has 6 heteroatoms. The first-order valence-electron chi connectivity index (χ1n) is 8.15. The Morgan fingerprint density at radius 2 is 2.04 bits per heavy atom. The number of rotatable bonds is 5. The van der Waals surface area contributed by atoms with Gasteiger partial charge in [-0.1, -0.05) is 6.07 Å². The number of nitrogens with zero attached hydrogens (tertiary/aromatic N) is 1. The van der Waals surface area contributed by atoms with Crippen LogP contribution >= 0.6 is 0 Å². The smallest absolute Gasteiger partial charge is 0.208 e. The average Bonchev–Trinajstić information content (AvgIpc) is 2.90. The summed E-state index contributed by atoms with van der Waals surface area (Å²) in [6.45, 7) is 2.74. The zero-order valence-corrected chi connectivity index (χ0v) is 14.6. The molecule has 126 valence electrons. The lowest BCUT2D eigenvalue weighted by molar-refractivity contribution is 0.256. The molecular formula is C17H25N3O2S. The molecule has 0 unspecified atom stereocenters. The van der Waals surface area contributed by atoms with E-state index in [4.69, 9.17) is 0 Å². The Morgan fingerprint density at radius 3 is 2.74 bits per heavy atom. The lowest BCUT2D eigenvalue weighted by Gasteiger charge is -2.28. The third-order valence-electron chi connectivity index (χ3n) is 4.71. The van der Waals surface area contributed by atoms with Crippen molar-refractivity contribution in [1.82, 2.24) is 14.6 Å². The SMILES string of the molecule is CN1CCC(c2c[nH]c3ccc(CCNS(C)(=O)=O)cc23)CC1. The summed E-state index contributed by atoms with van der Waals surface area (Å²) in [5.41, 5.74) is 3.74. The van der Waals surface area contributed by atoms with E-state index in [0.29, 0.717) is 18.9 Å². The van der Waals surface area contributed by atoms with E-state index in [-0.39, 0.29) is 0 Å². The Hall–Kier alpha value is -1.37. The molecule has 0 atom stereocenters. The van der Waals surface area contributed by atoms with E-state index in [9.17, 15) is 8.42 Å². The van der Waals surface area contributed by atoms with Gasteiger partial charge in [0.1, 0.15) is 0 Å². The Bertz CT molecular complexity index is 774. The van der Waals surface area contributed by atoms with Crippen LogP contribution < -0.4 is 4.72 Å². The fraction of sp³-hybridized carbons (Fsp3) is 0.529. The molecule has 23 heavy (non-hydrogen) atoms. The van der Waals surface area contributed by atoms with Gasteiger partial charge in [-0.25, -0.2) is 13.1 Å². The van der Waals surface area contributed by atoms with Crippen LogP contribution in [0.25, 0.3) is 10.9 Å². The van der Waals surface area contributed by atoms with Crippen LogP contribution in [-0.4, -0.2) is 51.2 Å². The monoisotopic (exact) mass is 335 g/mol. The van der Waals surface area contributed by atoms with Crippen LogP contribution in [0, 0.1) is 0 Å². The van der Waals surface area contributed by atoms with Crippen molar-refractivity contribution in [2.24, 2.45) is 0 Å². The minimum absolute atomic E-state index is 0.443. The molecule has 2 heterocycles. The number of H-pyrrole nitrogens is 1. The number of aromatic nitrogens is 1. The highest BCUT2D eigenvalue weighted by Gasteiger charge is 2.21. The molecule has 1 fully saturated rings. The molecule has 0 spiro atoms. The van der Waals surface area contributed by atoms with Crippen molar-refractivity contribution < 1.29 is 8.42 Å². The maximum absolute atomic E-state index is 11.2. The van der Waals surface area contributed by atoms with Crippen LogP contribution in [0.3, 0.4) is 0 Å². The first kappa shape index (κ1) is 16.5. The van der Waals surface area contributed by atoms with Crippen LogP contribution in [0.5, 0.6) is 0 Å². The number of fused-ring (bicyclic) bond motifs is 1. The highest BCUT2D eigenvalue weighted by Crippen LogP contribution is 2.33. The fourth-order valence-electron chi connectivity index (χ4n) is 3.38. The van der Waals surface area contributed by atoms with Crippen LogP contribution in [0.2, 0.25) is 0 Å². The van der Waals surface area contributed by atoms with Crippen molar-refractivity contribution in [1.29, 1.82) is 0 Å². The molecular weight excluding hydrogens is 310 g/mol. The zero-order chi connectivity index (χ0) is 16.4. The molecule has 0 aliphatic carbocycles. The lowest BCUT2D eigenvalue weighted by atomic mass is 9.89. The van der Waals surface area contributed by atoms with Gasteiger partial charge in [0, 0.05) is 23.6 Å². The van der Waals surface area contributed by atoms with Gasteiger partial charge in [-0.15, -0.1) is 0 Å². The van der Waals surface area contributed by atoms with E-state index in [0.717, 1.165) is 13.1 Å². The number of hydrogen-bond acceptors (Lipinski definition) is 3. The maximum atomic E-state index is 11.2. The summed E-state index contributed by atoms with van der Waals surface area (Å²) in [5.74, 6) is 0.615. The third-order valence-corrected chi connectivity index (χ3v) is 5.44. The molecule has 2 N–H and O–H groups in total. The van der Waals surface area contributed by atoms with Gasteiger partial charge in [0.2, 0.25) is 10.0 Å². The summed E-state index contributed by atoms with van der Waals surface area (Å²) in [6, 6.07) is 6.38. The number of aromatic amines is 1. The third kappa shape index (κ3) is 4.13. The van der Waals surface area contributed by atoms with Crippen molar-refractivity contribution in [2.45, 2.75) is 25.2 Å². The Morgan fingerprint density at radius 1 is 1.30 bits per heavy atom. The summed E-state index contributed by atoms with van der Waals surface area (Å²) >= 11 is 0. The summed E-state index contributed by atoms with van der Waals surface area (Å²) in [6.07, 6.45) is 6.45. The summed E-state index contributed by atoms with van der Waals surface area (Å²) in [4.78, 5) is 5.76. The standard InChI is InChI=1S/C17H25N3O2S/c1-20-9-6-14(7-10-20)16-12-18-17-4-3-13(11-15(16)17)5-8-19-23(2,21)22/h3-4,11-12,14,18-19H,5-10H2,1-2H3. The largest absolute Gasteiger partial charge is 0.361 e. The topological polar surface area (TPSA) is 65.2 Å². The maximum Gasteiger partial charge on any atom is 0.208 e. The second-order valence-corrected chi connectivity index (χ2v) is 8.45. The normalized spacial score (nSPS) is 17.8. The van der Waals surface area contributed by atoms with Gasteiger partial charge in [-0.2, -0.15) is 0 Å². The summed E-state index contributed by atoms with van der Waals surface area (Å²) in [5, 5.41) is 1.29. The highest BCUT2D eigenvalue weighted by atomic mass is 32.2. The number of nitrogens with one attached hydrogen (secondary N) is 2. The van der Waals surface area contributed by atoms with Crippen LogP contribution in [0.15, 0.2) is 24.4 Å². The summed E-state index contributed by atoms with van der Waals surface area (Å²) in [7, 11) is -0.938. The van der Waals surface area contributed by atoms with Crippen LogP contribution in [0.1, 0.15) is 29.9 Å². The van der Waals surface area contributed by atoms with Crippen LogP contribution in [-0.2, 0) is 16.4 Å². The van der Waals surface area contributed by atoms with E-state index in [1.807, 2.05) is 0 Å². The molecule has 1 saturated heterocycles. The molecule has 1 aliphatic rings. The van der Waals surface area contributed by atoms with Gasteiger partial charge >= 0.3 is 0 Å². The Kier molecular flexibility index (Phi) is 4.75. The van der Waals surface area contributed by atoms with Gasteiger partial charge in [0.25, 0.3) is 0 Å². The minimum Gasteiger partial charge on any atom is -0.361 e.